The van der Waals surface area contributed by atoms with Gasteiger partial charge >= 0.3 is 0 Å². The lowest BCUT2D eigenvalue weighted by Crippen LogP contribution is -2.44. The van der Waals surface area contributed by atoms with Crippen LogP contribution < -0.4 is 0 Å². The molecule has 1 fully saturated rings. The number of carbonyl (C=O) groups is 1. The lowest BCUT2D eigenvalue weighted by molar-refractivity contribution is -0.130. The summed E-state index contributed by atoms with van der Waals surface area (Å²) in [7, 11) is 3.36. The minimum Gasteiger partial charge on any atom is -0.383 e. The van der Waals surface area contributed by atoms with Crippen LogP contribution in [0.5, 0.6) is 0 Å². The Balaban J connectivity index is 2.73. The molecule has 0 aromatic rings. The van der Waals surface area contributed by atoms with Gasteiger partial charge in [0.15, 0.2) is 0 Å². The number of rotatable bonds is 9. The van der Waals surface area contributed by atoms with Crippen LogP contribution in [0.15, 0.2) is 24.8 Å². The molecule has 3 atom stereocenters. The average molecular weight is 295 g/mol. The van der Waals surface area contributed by atoms with Crippen LogP contribution in [0.4, 0.5) is 0 Å². The second kappa shape index (κ2) is 9.74. The van der Waals surface area contributed by atoms with Gasteiger partial charge in [-0.25, -0.2) is 0 Å². The van der Waals surface area contributed by atoms with Gasteiger partial charge in [-0.1, -0.05) is 19.1 Å². The summed E-state index contributed by atoms with van der Waals surface area (Å²) in [5.41, 5.74) is 0. The maximum absolute atomic E-state index is 12.5. The molecule has 4 nitrogen and oxygen atoms in total. The van der Waals surface area contributed by atoms with Crippen LogP contribution in [0.25, 0.3) is 0 Å². The molecule has 0 N–H and O–H groups in total. The predicted octanol–water partition coefficient (Wildman–Crippen LogP) is 2.80. The summed E-state index contributed by atoms with van der Waals surface area (Å²) in [5.74, 6) is 0.454. The lowest BCUT2D eigenvalue weighted by Gasteiger charge is -2.29. The fraction of sp³-hybridized carbons (Fsp3) is 0.706. The van der Waals surface area contributed by atoms with Crippen molar-refractivity contribution in [2.45, 2.75) is 44.7 Å². The molecule has 0 spiro atoms. The zero-order valence-electron chi connectivity index (χ0n) is 13.6. The molecule has 1 saturated heterocycles. The van der Waals surface area contributed by atoms with Gasteiger partial charge in [0.25, 0.3) is 0 Å². The summed E-state index contributed by atoms with van der Waals surface area (Å²) in [4.78, 5) is 14.5. The van der Waals surface area contributed by atoms with E-state index in [1.807, 2.05) is 17.1 Å². The Morgan fingerprint density at radius 3 is 2.29 bits per heavy atom. The molecule has 0 aliphatic carbocycles. The third-order valence-electron chi connectivity index (χ3n) is 4.10. The molecule has 1 aliphatic rings. The standard InChI is InChI=1S/C17H29NO3/c1-5-7-14(6-2)8-11-17(19)18-15(12-20-3)9-10-16(18)13-21-4/h5,8,11,14-16H,1,6-7,9-10,12-13H2,2-4H3/t14?,15-,16-/m1/s1. The Kier molecular flexibility index (Phi) is 8.31. The van der Waals surface area contributed by atoms with Crippen molar-refractivity contribution in [1.29, 1.82) is 0 Å². The summed E-state index contributed by atoms with van der Waals surface area (Å²) >= 11 is 0. The molecule has 0 radical (unpaired) electrons. The van der Waals surface area contributed by atoms with Gasteiger partial charge in [0.2, 0.25) is 5.91 Å². The molecule has 1 amide bonds. The fourth-order valence-electron chi connectivity index (χ4n) is 2.93. The molecule has 4 heteroatoms. The highest BCUT2D eigenvalue weighted by Gasteiger charge is 2.35. The molecule has 0 saturated carbocycles. The van der Waals surface area contributed by atoms with E-state index in [2.05, 4.69) is 13.5 Å². The van der Waals surface area contributed by atoms with Gasteiger partial charge in [-0.05, 0) is 37.7 Å². The smallest absolute Gasteiger partial charge is 0.246 e. The molecule has 1 rings (SSSR count). The molecule has 120 valence electrons. The minimum atomic E-state index is 0.0686. The van der Waals surface area contributed by atoms with Crippen molar-refractivity contribution in [3.8, 4) is 0 Å². The molecule has 0 aromatic carbocycles. The third kappa shape index (κ3) is 5.29. The number of ether oxygens (including phenoxy) is 2. The average Bonchev–Trinajstić information content (AvgIpc) is 2.87. The lowest BCUT2D eigenvalue weighted by atomic mass is 10.0. The van der Waals surface area contributed by atoms with Crippen molar-refractivity contribution in [3.63, 3.8) is 0 Å². The van der Waals surface area contributed by atoms with Gasteiger partial charge in [0, 0.05) is 14.2 Å². The highest BCUT2D eigenvalue weighted by molar-refractivity contribution is 5.88. The topological polar surface area (TPSA) is 38.8 Å². The molecule has 1 heterocycles. The highest BCUT2D eigenvalue weighted by Crippen LogP contribution is 2.25. The van der Waals surface area contributed by atoms with E-state index in [1.54, 1.807) is 20.3 Å². The summed E-state index contributed by atoms with van der Waals surface area (Å²) < 4.78 is 10.5. The number of likely N-dealkylation sites (tertiary alicyclic amines) is 1. The Hall–Kier alpha value is -1.13. The Labute approximate surface area is 128 Å². The predicted molar refractivity (Wildman–Crippen MR) is 85.1 cm³/mol. The van der Waals surface area contributed by atoms with Crippen molar-refractivity contribution in [3.05, 3.63) is 24.8 Å². The zero-order valence-corrected chi connectivity index (χ0v) is 13.6. The Bertz CT molecular complexity index is 340. The van der Waals surface area contributed by atoms with Gasteiger partial charge in [0.05, 0.1) is 25.3 Å². The SMILES string of the molecule is C=CCC(C=CC(=O)N1[C@@H](COC)CC[C@@H]1COC)CC. The van der Waals surface area contributed by atoms with E-state index in [0.717, 1.165) is 25.7 Å². The number of amides is 1. The van der Waals surface area contributed by atoms with Crippen molar-refractivity contribution in [2.75, 3.05) is 27.4 Å². The van der Waals surface area contributed by atoms with Gasteiger partial charge < -0.3 is 14.4 Å². The fourth-order valence-corrected chi connectivity index (χ4v) is 2.93. The van der Waals surface area contributed by atoms with Crippen LogP contribution in [-0.4, -0.2) is 50.3 Å². The summed E-state index contributed by atoms with van der Waals surface area (Å²) in [5, 5.41) is 0. The van der Waals surface area contributed by atoms with Crippen molar-refractivity contribution in [2.24, 2.45) is 5.92 Å². The van der Waals surface area contributed by atoms with E-state index >= 15 is 0 Å². The van der Waals surface area contributed by atoms with E-state index in [4.69, 9.17) is 9.47 Å². The van der Waals surface area contributed by atoms with Crippen molar-refractivity contribution in [1.82, 2.24) is 4.90 Å². The van der Waals surface area contributed by atoms with Crippen LogP contribution >= 0.6 is 0 Å². The maximum Gasteiger partial charge on any atom is 0.246 e. The van der Waals surface area contributed by atoms with Crippen LogP contribution in [0, 0.1) is 5.92 Å². The van der Waals surface area contributed by atoms with Crippen LogP contribution in [0.2, 0.25) is 0 Å². The largest absolute Gasteiger partial charge is 0.383 e. The normalized spacial score (nSPS) is 23.7. The molecule has 1 aliphatic heterocycles. The third-order valence-corrected chi connectivity index (χ3v) is 4.10. The molecular weight excluding hydrogens is 266 g/mol. The monoisotopic (exact) mass is 295 g/mol. The number of hydrogen-bond donors (Lipinski definition) is 0. The van der Waals surface area contributed by atoms with Crippen LogP contribution in [0.3, 0.4) is 0 Å². The van der Waals surface area contributed by atoms with Crippen LogP contribution in [0.1, 0.15) is 32.6 Å². The van der Waals surface area contributed by atoms with E-state index in [1.165, 1.54) is 0 Å². The zero-order chi connectivity index (χ0) is 15.7. The molecule has 0 aromatic heterocycles. The Morgan fingerprint density at radius 2 is 1.86 bits per heavy atom. The van der Waals surface area contributed by atoms with Crippen molar-refractivity contribution >= 4 is 5.91 Å². The van der Waals surface area contributed by atoms with Gasteiger partial charge in [-0.2, -0.15) is 0 Å². The first-order chi connectivity index (χ1) is 10.2. The van der Waals surface area contributed by atoms with Crippen LogP contribution in [-0.2, 0) is 14.3 Å². The number of nitrogens with zero attached hydrogens (tertiary/aromatic N) is 1. The number of allylic oxidation sites excluding steroid dienone is 2. The van der Waals surface area contributed by atoms with Crippen molar-refractivity contribution < 1.29 is 14.3 Å². The highest BCUT2D eigenvalue weighted by atomic mass is 16.5. The van der Waals surface area contributed by atoms with Gasteiger partial charge in [-0.15, -0.1) is 6.58 Å². The first-order valence-electron chi connectivity index (χ1n) is 7.77. The van der Waals surface area contributed by atoms with E-state index in [9.17, 15) is 4.79 Å². The van der Waals surface area contributed by atoms with E-state index in [0.29, 0.717) is 19.1 Å². The first-order valence-corrected chi connectivity index (χ1v) is 7.77. The number of hydrogen-bond acceptors (Lipinski definition) is 3. The summed E-state index contributed by atoms with van der Waals surface area (Å²) in [6, 6.07) is 0.318. The summed E-state index contributed by atoms with van der Waals surface area (Å²) in [6.45, 7) is 7.06. The van der Waals surface area contributed by atoms with E-state index < -0.39 is 0 Å². The molecule has 0 bridgehead atoms. The second-order valence-electron chi connectivity index (χ2n) is 5.59. The molecule has 1 unspecified atom stereocenters. The molecular formula is C17H29NO3. The maximum atomic E-state index is 12.5. The number of methoxy groups -OCH3 is 2. The first kappa shape index (κ1) is 17.9. The minimum absolute atomic E-state index is 0.0686. The molecule has 21 heavy (non-hydrogen) atoms. The quantitative estimate of drug-likeness (QED) is 0.485. The van der Waals surface area contributed by atoms with E-state index in [-0.39, 0.29) is 18.0 Å². The number of carbonyl (C=O) groups excluding carboxylic acids is 1. The second-order valence-corrected chi connectivity index (χ2v) is 5.59. The summed E-state index contributed by atoms with van der Waals surface area (Å²) in [6.07, 6.45) is 9.50. The Morgan fingerprint density at radius 1 is 1.29 bits per heavy atom. The van der Waals surface area contributed by atoms with Gasteiger partial charge in [0.1, 0.15) is 0 Å². The van der Waals surface area contributed by atoms with Gasteiger partial charge in [-0.3, -0.25) is 4.79 Å².